The minimum absolute atomic E-state index is 0.134. The van der Waals surface area contributed by atoms with Gasteiger partial charge in [-0.25, -0.2) is 8.42 Å². The topological polar surface area (TPSA) is 75.3 Å². The number of nitrogens with one attached hydrogen (secondary N) is 2. The third-order valence-corrected chi connectivity index (χ3v) is 5.31. The SMILES string of the molecule is C[C@@H](NC(=O)c1ccc(NS(=O)(=O)/C=C/c2ccccc2)cc1)c1ccccc1. The van der Waals surface area contributed by atoms with Crippen molar-refractivity contribution in [2.75, 3.05) is 4.72 Å². The summed E-state index contributed by atoms with van der Waals surface area (Å²) in [7, 11) is -3.65. The summed E-state index contributed by atoms with van der Waals surface area (Å²) < 4.78 is 26.9. The number of anilines is 1. The number of hydrogen-bond acceptors (Lipinski definition) is 3. The van der Waals surface area contributed by atoms with Crippen molar-refractivity contribution >= 4 is 27.7 Å². The van der Waals surface area contributed by atoms with E-state index in [4.69, 9.17) is 0 Å². The molecule has 5 nitrogen and oxygen atoms in total. The maximum atomic E-state index is 12.4. The summed E-state index contributed by atoms with van der Waals surface area (Å²) in [5.41, 5.74) is 2.64. The van der Waals surface area contributed by atoms with Crippen LogP contribution in [-0.2, 0) is 10.0 Å². The predicted octanol–water partition coefficient (Wildman–Crippen LogP) is 4.59. The van der Waals surface area contributed by atoms with E-state index < -0.39 is 10.0 Å². The zero-order valence-corrected chi connectivity index (χ0v) is 16.8. The molecule has 0 unspecified atom stereocenters. The molecule has 1 atom stereocenters. The van der Waals surface area contributed by atoms with Gasteiger partial charge in [0.05, 0.1) is 11.4 Å². The highest BCUT2D eigenvalue weighted by molar-refractivity contribution is 7.95. The Morgan fingerprint density at radius 1 is 0.862 bits per heavy atom. The van der Waals surface area contributed by atoms with Crippen LogP contribution in [0.1, 0.15) is 34.5 Å². The maximum absolute atomic E-state index is 12.4. The van der Waals surface area contributed by atoms with Crippen LogP contribution in [0.15, 0.2) is 90.3 Å². The smallest absolute Gasteiger partial charge is 0.255 e. The van der Waals surface area contributed by atoms with Gasteiger partial charge in [-0.3, -0.25) is 9.52 Å². The summed E-state index contributed by atoms with van der Waals surface area (Å²) in [6, 6.07) is 25.0. The van der Waals surface area contributed by atoms with Gasteiger partial charge in [0.1, 0.15) is 0 Å². The van der Waals surface area contributed by atoms with Crippen LogP contribution >= 0.6 is 0 Å². The normalized spacial score (nSPS) is 12.4. The minimum Gasteiger partial charge on any atom is -0.346 e. The van der Waals surface area contributed by atoms with E-state index in [0.717, 1.165) is 16.5 Å². The van der Waals surface area contributed by atoms with Gasteiger partial charge in [0, 0.05) is 11.3 Å². The second-order valence-corrected chi connectivity index (χ2v) is 8.11. The van der Waals surface area contributed by atoms with Gasteiger partial charge >= 0.3 is 0 Å². The standard InChI is InChI=1S/C23H22N2O3S/c1-18(20-10-6-3-7-11-20)24-23(26)21-12-14-22(15-13-21)25-29(27,28)17-16-19-8-4-2-5-9-19/h2-18,25H,1H3,(H,24,26)/b17-16+/t18-/m1/s1. The van der Waals surface area contributed by atoms with E-state index >= 15 is 0 Å². The van der Waals surface area contributed by atoms with Gasteiger partial charge in [0.2, 0.25) is 0 Å². The van der Waals surface area contributed by atoms with Crippen LogP contribution in [0.5, 0.6) is 0 Å². The van der Waals surface area contributed by atoms with Crippen molar-refractivity contribution in [1.29, 1.82) is 0 Å². The Labute approximate surface area is 171 Å². The molecule has 3 aromatic carbocycles. The Morgan fingerprint density at radius 2 is 1.45 bits per heavy atom. The van der Waals surface area contributed by atoms with Gasteiger partial charge in [-0.15, -0.1) is 0 Å². The van der Waals surface area contributed by atoms with Crippen LogP contribution in [0, 0.1) is 0 Å². The number of amides is 1. The highest BCUT2D eigenvalue weighted by Crippen LogP contribution is 2.15. The molecule has 29 heavy (non-hydrogen) atoms. The van der Waals surface area contributed by atoms with Gasteiger partial charge in [0.25, 0.3) is 15.9 Å². The zero-order valence-electron chi connectivity index (χ0n) is 15.9. The third kappa shape index (κ3) is 6.05. The lowest BCUT2D eigenvalue weighted by molar-refractivity contribution is 0.0940. The zero-order chi connectivity index (χ0) is 20.7. The van der Waals surface area contributed by atoms with Gasteiger partial charge in [-0.2, -0.15) is 0 Å². The first-order valence-corrected chi connectivity index (χ1v) is 10.7. The summed E-state index contributed by atoms with van der Waals surface area (Å²) in [6.45, 7) is 1.91. The molecular weight excluding hydrogens is 384 g/mol. The Bertz CT molecular complexity index is 1080. The highest BCUT2D eigenvalue weighted by Gasteiger charge is 2.12. The molecule has 3 rings (SSSR count). The largest absolute Gasteiger partial charge is 0.346 e. The summed E-state index contributed by atoms with van der Waals surface area (Å²) in [5, 5.41) is 4.05. The van der Waals surface area contributed by atoms with Crippen LogP contribution in [-0.4, -0.2) is 14.3 Å². The molecule has 0 spiro atoms. The first-order valence-electron chi connectivity index (χ1n) is 9.15. The lowest BCUT2D eigenvalue weighted by Gasteiger charge is -2.14. The second-order valence-electron chi connectivity index (χ2n) is 6.54. The molecule has 0 radical (unpaired) electrons. The molecule has 6 heteroatoms. The van der Waals surface area contributed by atoms with Crippen molar-refractivity contribution in [2.24, 2.45) is 0 Å². The quantitative estimate of drug-likeness (QED) is 0.603. The molecule has 0 aliphatic rings. The van der Waals surface area contributed by atoms with Gasteiger partial charge in [0.15, 0.2) is 0 Å². The highest BCUT2D eigenvalue weighted by atomic mass is 32.2. The average molecular weight is 407 g/mol. The summed E-state index contributed by atoms with van der Waals surface area (Å²) >= 11 is 0. The van der Waals surface area contributed by atoms with Crippen molar-refractivity contribution in [3.8, 4) is 0 Å². The number of sulfonamides is 1. The van der Waals surface area contributed by atoms with E-state index in [-0.39, 0.29) is 11.9 Å². The van der Waals surface area contributed by atoms with E-state index in [1.54, 1.807) is 24.3 Å². The third-order valence-electron chi connectivity index (χ3n) is 4.29. The van der Waals surface area contributed by atoms with Gasteiger partial charge in [-0.05, 0) is 48.4 Å². The molecule has 0 bridgehead atoms. The molecule has 148 valence electrons. The molecular formula is C23H22N2O3S. The van der Waals surface area contributed by atoms with Crippen molar-refractivity contribution in [3.05, 3.63) is 107 Å². The summed E-state index contributed by atoms with van der Waals surface area (Å²) in [5.74, 6) is -0.222. The van der Waals surface area contributed by atoms with Crippen LogP contribution in [0.3, 0.4) is 0 Å². The molecule has 0 heterocycles. The number of carbonyl (C=O) groups excluding carboxylic acids is 1. The minimum atomic E-state index is -3.65. The molecule has 3 aromatic rings. The van der Waals surface area contributed by atoms with Crippen LogP contribution in [0.2, 0.25) is 0 Å². The summed E-state index contributed by atoms with van der Waals surface area (Å²) in [4.78, 5) is 12.4. The van der Waals surface area contributed by atoms with E-state index in [1.807, 2.05) is 67.6 Å². The van der Waals surface area contributed by atoms with Gasteiger partial charge in [-0.1, -0.05) is 60.7 Å². The fraction of sp³-hybridized carbons (Fsp3) is 0.0870. The van der Waals surface area contributed by atoms with Crippen molar-refractivity contribution in [2.45, 2.75) is 13.0 Å². The Balaban J connectivity index is 1.62. The number of benzene rings is 3. The number of rotatable bonds is 7. The van der Waals surface area contributed by atoms with Crippen molar-refractivity contribution in [1.82, 2.24) is 5.32 Å². The first kappa shape index (κ1) is 20.4. The number of carbonyl (C=O) groups is 1. The van der Waals surface area contributed by atoms with Gasteiger partial charge < -0.3 is 5.32 Å². The molecule has 0 saturated carbocycles. The van der Waals surface area contributed by atoms with E-state index in [2.05, 4.69) is 10.0 Å². The van der Waals surface area contributed by atoms with Crippen LogP contribution in [0.25, 0.3) is 6.08 Å². The Kier molecular flexibility index (Phi) is 6.46. The summed E-state index contributed by atoms with van der Waals surface area (Å²) in [6.07, 6.45) is 1.52. The molecule has 0 fully saturated rings. The molecule has 1 amide bonds. The van der Waals surface area contributed by atoms with E-state index in [9.17, 15) is 13.2 Å². The van der Waals surface area contributed by atoms with E-state index in [0.29, 0.717) is 11.3 Å². The predicted molar refractivity (Wildman–Crippen MR) is 117 cm³/mol. The fourth-order valence-corrected chi connectivity index (χ4v) is 3.59. The second kappa shape index (κ2) is 9.21. The van der Waals surface area contributed by atoms with Crippen LogP contribution in [0.4, 0.5) is 5.69 Å². The molecule has 0 aliphatic heterocycles. The molecule has 0 saturated heterocycles. The monoisotopic (exact) mass is 406 g/mol. The molecule has 0 aromatic heterocycles. The molecule has 2 N–H and O–H groups in total. The lowest BCUT2D eigenvalue weighted by atomic mass is 10.1. The Hall–Kier alpha value is -3.38. The van der Waals surface area contributed by atoms with Crippen molar-refractivity contribution < 1.29 is 13.2 Å². The maximum Gasteiger partial charge on any atom is 0.255 e. The average Bonchev–Trinajstić information content (AvgIpc) is 2.74. The number of hydrogen-bond donors (Lipinski definition) is 2. The van der Waals surface area contributed by atoms with E-state index in [1.165, 1.54) is 6.08 Å². The van der Waals surface area contributed by atoms with Crippen LogP contribution < -0.4 is 10.0 Å². The van der Waals surface area contributed by atoms with Crippen molar-refractivity contribution in [3.63, 3.8) is 0 Å². The fourth-order valence-electron chi connectivity index (χ4n) is 2.73. The first-order chi connectivity index (χ1) is 13.9. The lowest BCUT2D eigenvalue weighted by Crippen LogP contribution is -2.26. The molecule has 0 aliphatic carbocycles. The Morgan fingerprint density at radius 3 is 2.07 bits per heavy atom.